The Kier molecular flexibility index (Phi) is 4.39. The van der Waals surface area contributed by atoms with E-state index in [1.165, 1.54) is 4.90 Å². The molecule has 2 rings (SSSR count). The van der Waals surface area contributed by atoms with Gasteiger partial charge in [-0.25, -0.2) is 8.78 Å². The summed E-state index contributed by atoms with van der Waals surface area (Å²) < 4.78 is 32.1. The van der Waals surface area contributed by atoms with Crippen molar-refractivity contribution in [3.8, 4) is 5.75 Å². The van der Waals surface area contributed by atoms with Crippen LogP contribution in [-0.2, 0) is 4.79 Å². The number of rotatable bonds is 3. The van der Waals surface area contributed by atoms with Gasteiger partial charge < -0.3 is 9.64 Å². The van der Waals surface area contributed by atoms with Gasteiger partial charge in [0.15, 0.2) is 6.61 Å². The number of halogens is 3. The minimum atomic E-state index is -2.64. The maximum Gasteiger partial charge on any atom is 0.260 e. The van der Waals surface area contributed by atoms with Crippen LogP contribution in [0.2, 0.25) is 0 Å². The lowest BCUT2D eigenvalue weighted by atomic mass is 10.1. The van der Waals surface area contributed by atoms with Gasteiger partial charge in [-0.2, -0.15) is 0 Å². The van der Waals surface area contributed by atoms with Gasteiger partial charge >= 0.3 is 0 Å². The van der Waals surface area contributed by atoms with E-state index in [4.69, 9.17) is 4.74 Å². The van der Waals surface area contributed by atoms with E-state index in [2.05, 4.69) is 15.9 Å². The van der Waals surface area contributed by atoms with Crippen molar-refractivity contribution in [1.82, 2.24) is 4.90 Å². The average molecular weight is 334 g/mol. The second-order valence-electron chi connectivity index (χ2n) is 4.48. The molecule has 0 unspecified atom stereocenters. The van der Waals surface area contributed by atoms with Crippen molar-refractivity contribution in [3.63, 3.8) is 0 Å². The summed E-state index contributed by atoms with van der Waals surface area (Å²) in [6, 6.07) is 7.13. The van der Waals surface area contributed by atoms with Gasteiger partial charge in [-0.1, -0.05) is 22.0 Å². The first kappa shape index (κ1) is 14.2. The van der Waals surface area contributed by atoms with Crippen LogP contribution in [-0.4, -0.2) is 36.4 Å². The van der Waals surface area contributed by atoms with E-state index in [1.54, 1.807) is 18.2 Å². The fraction of sp³-hybridized carbons (Fsp3) is 0.462. The molecule has 0 bridgehead atoms. The highest BCUT2D eigenvalue weighted by Crippen LogP contribution is 2.27. The standard InChI is InChI=1S/C13H14BrF2NO2/c14-10-2-1-3-11(8-10)19-9-12(18)17-6-4-13(15,16)5-7-17/h1-3,8H,4-7,9H2. The third kappa shape index (κ3) is 4.16. The Morgan fingerprint density at radius 3 is 2.68 bits per heavy atom. The van der Waals surface area contributed by atoms with Gasteiger partial charge in [-0.15, -0.1) is 0 Å². The maximum absolute atomic E-state index is 13.0. The van der Waals surface area contributed by atoms with Crippen LogP contribution in [0.25, 0.3) is 0 Å². The molecule has 19 heavy (non-hydrogen) atoms. The number of piperidine rings is 1. The number of ether oxygens (including phenoxy) is 1. The Bertz CT molecular complexity index is 458. The molecule has 1 amide bonds. The van der Waals surface area contributed by atoms with Crippen LogP contribution in [0.5, 0.6) is 5.75 Å². The molecular weight excluding hydrogens is 320 g/mol. The summed E-state index contributed by atoms with van der Waals surface area (Å²) in [6.07, 6.45) is -0.536. The van der Waals surface area contributed by atoms with Crippen LogP contribution < -0.4 is 4.74 Å². The number of hydrogen-bond donors (Lipinski definition) is 0. The quantitative estimate of drug-likeness (QED) is 0.850. The summed E-state index contributed by atoms with van der Waals surface area (Å²) in [5.74, 6) is -2.32. The number of amides is 1. The van der Waals surface area contributed by atoms with Crippen LogP contribution in [0.1, 0.15) is 12.8 Å². The van der Waals surface area contributed by atoms with Crippen molar-refractivity contribution in [1.29, 1.82) is 0 Å². The largest absolute Gasteiger partial charge is 0.484 e. The maximum atomic E-state index is 13.0. The van der Waals surface area contributed by atoms with E-state index in [1.807, 2.05) is 6.07 Å². The van der Waals surface area contributed by atoms with E-state index >= 15 is 0 Å². The molecule has 1 fully saturated rings. The van der Waals surface area contributed by atoms with Gasteiger partial charge in [0.1, 0.15) is 5.75 Å². The molecule has 0 saturated carbocycles. The van der Waals surface area contributed by atoms with E-state index in [9.17, 15) is 13.6 Å². The molecule has 1 saturated heterocycles. The summed E-state index contributed by atoms with van der Waals surface area (Å²) in [5, 5.41) is 0. The Morgan fingerprint density at radius 1 is 1.37 bits per heavy atom. The van der Waals surface area contributed by atoms with Crippen LogP contribution in [0.3, 0.4) is 0 Å². The zero-order valence-corrected chi connectivity index (χ0v) is 11.8. The first-order valence-electron chi connectivity index (χ1n) is 6.00. The molecule has 0 spiro atoms. The summed E-state index contributed by atoms with van der Waals surface area (Å²) in [7, 11) is 0. The number of benzene rings is 1. The Balaban J connectivity index is 1.82. The highest BCUT2D eigenvalue weighted by Gasteiger charge is 2.35. The van der Waals surface area contributed by atoms with Crippen LogP contribution in [0.4, 0.5) is 8.78 Å². The van der Waals surface area contributed by atoms with Crippen molar-refractivity contribution in [3.05, 3.63) is 28.7 Å². The molecule has 1 aliphatic heterocycles. The average Bonchev–Trinajstić information content (AvgIpc) is 2.36. The number of nitrogens with zero attached hydrogens (tertiary/aromatic N) is 1. The number of carbonyl (C=O) groups excluding carboxylic acids is 1. The van der Waals surface area contributed by atoms with Gasteiger partial charge in [0.05, 0.1) is 0 Å². The first-order valence-corrected chi connectivity index (χ1v) is 6.79. The number of likely N-dealkylation sites (tertiary alicyclic amines) is 1. The predicted molar refractivity (Wildman–Crippen MR) is 70.4 cm³/mol. The summed E-state index contributed by atoms with van der Waals surface area (Å²) in [6.45, 7) is 0.0589. The fourth-order valence-electron chi connectivity index (χ4n) is 1.88. The highest BCUT2D eigenvalue weighted by atomic mass is 79.9. The van der Waals surface area contributed by atoms with Crippen LogP contribution >= 0.6 is 15.9 Å². The molecule has 0 atom stereocenters. The van der Waals surface area contributed by atoms with E-state index in [0.717, 1.165) is 4.47 Å². The zero-order valence-electron chi connectivity index (χ0n) is 10.2. The molecule has 0 aliphatic carbocycles. The Morgan fingerprint density at radius 2 is 2.05 bits per heavy atom. The molecule has 0 N–H and O–H groups in total. The molecule has 104 valence electrons. The second-order valence-corrected chi connectivity index (χ2v) is 5.40. The Hall–Kier alpha value is -1.17. The van der Waals surface area contributed by atoms with E-state index in [-0.39, 0.29) is 38.4 Å². The van der Waals surface area contributed by atoms with Gasteiger partial charge in [-0.3, -0.25) is 4.79 Å². The van der Waals surface area contributed by atoms with Gasteiger partial charge in [0.2, 0.25) is 0 Å². The number of hydrogen-bond acceptors (Lipinski definition) is 2. The highest BCUT2D eigenvalue weighted by molar-refractivity contribution is 9.10. The summed E-state index contributed by atoms with van der Waals surface area (Å²) >= 11 is 3.30. The topological polar surface area (TPSA) is 29.5 Å². The van der Waals surface area contributed by atoms with Crippen LogP contribution in [0.15, 0.2) is 28.7 Å². The van der Waals surface area contributed by atoms with E-state index in [0.29, 0.717) is 5.75 Å². The van der Waals surface area contributed by atoms with Gasteiger partial charge in [0, 0.05) is 30.4 Å². The molecule has 1 aromatic carbocycles. The SMILES string of the molecule is O=C(COc1cccc(Br)c1)N1CCC(F)(F)CC1. The molecule has 6 heteroatoms. The van der Waals surface area contributed by atoms with Gasteiger partial charge in [0.25, 0.3) is 11.8 Å². The Labute approximate surface area is 118 Å². The molecular formula is C13H14BrF2NO2. The molecule has 1 aromatic rings. The minimum Gasteiger partial charge on any atom is -0.484 e. The second kappa shape index (κ2) is 5.86. The first-order chi connectivity index (χ1) is 8.96. The van der Waals surface area contributed by atoms with Crippen molar-refractivity contribution >= 4 is 21.8 Å². The van der Waals surface area contributed by atoms with Crippen molar-refractivity contribution < 1.29 is 18.3 Å². The number of carbonyl (C=O) groups is 1. The molecule has 3 nitrogen and oxygen atoms in total. The minimum absolute atomic E-state index is 0.0909. The van der Waals surface area contributed by atoms with Crippen molar-refractivity contribution in [2.24, 2.45) is 0 Å². The third-order valence-electron chi connectivity index (χ3n) is 3.01. The molecule has 0 aromatic heterocycles. The predicted octanol–water partition coefficient (Wildman–Crippen LogP) is 3.09. The monoisotopic (exact) mass is 333 g/mol. The lowest BCUT2D eigenvalue weighted by Crippen LogP contribution is -2.44. The zero-order chi connectivity index (χ0) is 13.9. The number of alkyl halides is 2. The fourth-order valence-corrected chi connectivity index (χ4v) is 2.25. The van der Waals surface area contributed by atoms with Crippen molar-refractivity contribution in [2.75, 3.05) is 19.7 Å². The smallest absolute Gasteiger partial charge is 0.260 e. The van der Waals surface area contributed by atoms with E-state index < -0.39 is 5.92 Å². The third-order valence-corrected chi connectivity index (χ3v) is 3.50. The van der Waals surface area contributed by atoms with Crippen molar-refractivity contribution in [2.45, 2.75) is 18.8 Å². The van der Waals surface area contributed by atoms with Gasteiger partial charge in [-0.05, 0) is 18.2 Å². The molecule has 1 aliphatic rings. The summed E-state index contributed by atoms with van der Waals surface area (Å²) in [4.78, 5) is 13.2. The lowest BCUT2D eigenvalue weighted by Gasteiger charge is -2.31. The molecule has 0 radical (unpaired) electrons. The van der Waals surface area contributed by atoms with Crippen LogP contribution in [0, 0.1) is 0 Å². The lowest BCUT2D eigenvalue weighted by molar-refractivity contribution is -0.139. The molecule has 1 heterocycles. The summed E-state index contributed by atoms with van der Waals surface area (Å²) in [5.41, 5.74) is 0. The normalized spacial score (nSPS) is 18.2.